The van der Waals surface area contributed by atoms with Crippen LogP contribution in [0.15, 0.2) is 22.4 Å². The van der Waals surface area contributed by atoms with Gasteiger partial charge in [0.25, 0.3) is 11.1 Å². The normalized spacial score (nSPS) is 20.9. The van der Waals surface area contributed by atoms with Crippen molar-refractivity contribution in [2.75, 3.05) is 19.6 Å². The number of hydrogen-bond donors (Lipinski definition) is 0. The SMILES string of the molecule is O=C(CN1C(=O)S/C(=C/c2cccs2)C1=O)N1CCCC1. The van der Waals surface area contributed by atoms with E-state index in [4.69, 9.17) is 0 Å². The Balaban J connectivity index is 1.70. The molecule has 0 unspecified atom stereocenters. The Hall–Kier alpha value is -1.60. The maximum Gasteiger partial charge on any atom is 0.294 e. The number of nitrogens with zero attached hydrogens (tertiary/aromatic N) is 2. The van der Waals surface area contributed by atoms with Gasteiger partial charge >= 0.3 is 0 Å². The zero-order valence-corrected chi connectivity index (χ0v) is 12.9. The van der Waals surface area contributed by atoms with Crippen LogP contribution in [0.5, 0.6) is 0 Å². The second-order valence-electron chi connectivity index (χ2n) is 4.87. The minimum absolute atomic E-state index is 0.146. The van der Waals surface area contributed by atoms with Gasteiger partial charge in [-0.1, -0.05) is 6.07 Å². The summed E-state index contributed by atoms with van der Waals surface area (Å²) in [7, 11) is 0. The summed E-state index contributed by atoms with van der Waals surface area (Å²) in [5, 5.41) is 1.54. The van der Waals surface area contributed by atoms with Crippen LogP contribution in [-0.4, -0.2) is 46.5 Å². The van der Waals surface area contributed by atoms with Crippen LogP contribution in [0, 0.1) is 0 Å². The third-order valence-electron chi connectivity index (χ3n) is 3.44. The molecule has 0 radical (unpaired) electrons. The maximum absolute atomic E-state index is 12.2. The smallest absolute Gasteiger partial charge is 0.294 e. The van der Waals surface area contributed by atoms with Gasteiger partial charge in [0.2, 0.25) is 5.91 Å². The van der Waals surface area contributed by atoms with Gasteiger partial charge in [-0.2, -0.15) is 0 Å². The molecule has 5 nitrogen and oxygen atoms in total. The summed E-state index contributed by atoms with van der Waals surface area (Å²) >= 11 is 2.40. The molecule has 1 aromatic rings. The van der Waals surface area contributed by atoms with Gasteiger partial charge in [-0.05, 0) is 42.1 Å². The lowest BCUT2D eigenvalue weighted by Gasteiger charge is -2.18. The molecule has 0 spiro atoms. The second kappa shape index (κ2) is 6.03. The summed E-state index contributed by atoms with van der Waals surface area (Å²) in [4.78, 5) is 40.3. The van der Waals surface area contributed by atoms with E-state index in [0.717, 1.165) is 47.5 Å². The molecule has 3 rings (SSSR count). The standard InChI is InChI=1S/C14H14N2O3S2/c17-12(15-5-1-2-6-15)9-16-13(18)11(21-14(16)19)8-10-4-3-7-20-10/h3-4,7-8H,1-2,5-6,9H2/b11-8+. The summed E-state index contributed by atoms with van der Waals surface area (Å²) in [5.74, 6) is -0.516. The van der Waals surface area contributed by atoms with Crippen molar-refractivity contribution in [2.45, 2.75) is 12.8 Å². The monoisotopic (exact) mass is 322 g/mol. The lowest BCUT2D eigenvalue weighted by Crippen LogP contribution is -2.40. The average molecular weight is 322 g/mol. The van der Waals surface area contributed by atoms with Gasteiger partial charge in [0.05, 0.1) is 4.91 Å². The predicted molar refractivity (Wildman–Crippen MR) is 82.8 cm³/mol. The van der Waals surface area contributed by atoms with E-state index in [1.165, 1.54) is 11.3 Å². The molecule has 0 saturated carbocycles. The summed E-state index contributed by atoms with van der Waals surface area (Å²) in [6, 6.07) is 3.77. The zero-order valence-electron chi connectivity index (χ0n) is 11.3. The van der Waals surface area contributed by atoms with Crippen LogP contribution in [-0.2, 0) is 9.59 Å². The van der Waals surface area contributed by atoms with Gasteiger partial charge in [-0.15, -0.1) is 11.3 Å². The molecule has 7 heteroatoms. The van der Waals surface area contributed by atoms with Gasteiger partial charge in [0.1, 0.15) is 6.54 Å². The number of thiophene rings is 1. The molecule has 0 aromatic carbocycles. The van der Waals surface area contributed by atoms with Gasteiger partial charge < -0.3 is 4.90 Å². The molecule has 2 saturated heterocycles. The van der Waals surface area contributed by atoms with E-state index in [9.17, 15) is 14.4 Å². The first-order valence-corrected chi connectivity index (χ1v) is 8.41. The van der Waals surface area contributed by atoms with Crippen molar-refractivity contribution < 1.29 is 14.4 Å². The number of rotatable bonds is 3. The van der Waals surface area contributed by atoms with Gasteiger partial charge in [0.15, 0.2) is 0 Å². The second-order valence-corrected chi connectivity index (χ2v) is 6.84. The van der Waals surface area contributed by atoms with E-state index in [0.29, 0.717) is 4.91 Å². The number of carbonyl (C=O) groups excluding carboxylic acids is 3. The first-order valence-electron chi connectivity index (χ1n) is 6.72. The van der Waals surface area contributed by atoms with Crippen molar-refractivity contribution in [3.8, 4) is 0 Å². The van der Waals surface area contributed by atoms with Crippen LogP contribution in [0.3, 0.4) is 0 Å². The van der Waals surface area contributed by atoms with E-state index in [2.05, 4.69) is 0 Å². The fourth-order valence-electron chi connectivity index (χ4n) is 2.34. The van der Waals surface area contributed by atoms with Crippen molar-refractivity contribution in [1.29, 1.82) is 0 Å². The maximum atomic E-state index is 12.2. The van der Waals surface area contributed by atoms with Gasteiger partial charge in [0, 0.05) is 18.0 Å². The zero-order chi connectivity index (χ0) is 14.8. The highest BCUT2D eigenvalue weighted by Gasteiger charge is 2.37. The number of likely N-dealkylation sites (tertiary alicyclic amines) is 1. The Labute approximate surface area is 130 Å². The third-order valence-corrected chi connectivity index (χ3v) is 5.17. The Morgan fingerprint density at radius 3 is 2.71 bits per heavy atom. The molecule has 0 bridgehead atoms. The molecule has 1 aromatic heterocycles. The first-order chi connectivity index (χ1) is 10.1. The Morgan fingerprint density at radius 1 is 1.29 bits per heavy atom. The number of imide groups is 1. The molecule has 0 atom stereocenters. The largest absolute Gasteiger partial charge is 0.341 e. The number of thioether (sulfide) groups is 1. The van der Waals surface area contributed by atoms with Crippen LogP contribution in [0.2, 0.25) is 0 Å². The third kappa shape index (κ3) is 3.03. The Bertz CT molecular complexity index is 604. The van der Waals surface area contributed by atoms with E-state index in [1.54, 1.807) is 11.0 Å². The quantitative estimate of drug-likeness (QED) is 0.802. The molecular weight excluding hydrogens is 308 g/mol. The van der Waals surface area contributed by atoms with Crippen LogP contribution >= 0.6 is 23.1 Å². The fourth-order valence-corrected chi connectivity index (χ4v) is 3.90. The summed E-state index contributed by atoms with van der Waals surface area (Å²) in [5.41, 5.74) is 0. The number of hydrogen-bond acceptors (Lipinski definition) is 5. The predicted octanol–water partition coefficient (Wildman–Crippen LogP) is 2.41. The molecule has 2 fully saturated rings. The molecule has 21 heavy (non-hydrogen) atoms. The van der Waals surface area contributed by atoms with Crippen molar-refractivity contribution in [3.05, 3.63) is 27.3 Å². The molecule has 3 heterocycles. The molecule has 2 aliphatic heterocycles. The molecule has 110 valence electrons. The summed E-state index contributed by atoms with van der Waals surface area (Å²) < 4.78 is 0. The van der Waals surface area contributed by atoms with Crippen LogP contribution < -0.4 is 0 Å². The topological polar surface area (TPSA) is 57.7 Å². The van der Waals surface area contributed by atoms with Gasteiger partial charge in [-0.25, -0.2) is 0 Å². The van der Waals surface area contributed by atoms with Crippen molar-refractivity contribution in [3.63, 3.8) is 0 Å². The van der Waals surface area contributed by atoms with Crippen molar-refractivity contribution in [1.82, 2.24) is 9.80 Å². The van der Waals surface area contributed by atoms with E-state index >= 15 is 0 Å². The molecule has 0 N–H and O–H groups in total. The number of amides is 3. The minimum Gasteiger partial charge on any atom is -0.341 e. The van der Waals surface area contributed by atoms with E-state index < -0.39 is 0 Å². The molecule has 0 aliphatic carbocycles. The highest BCUT2D eigenvalue weighted by Crippen LogP contribution is 2.32. The fraction of sp³-hybridized carbons (Fsp3) is 0.357. The number of carbonyl (C=O) groups is 3. The highest BCUT2D eigenvalue weighted by molar-refractivity contribution is 8.18. The Morgan fingerprint density at radius 2 is 2.05 bits per heavy atom. The molecule has 3 amide bonds. The van der Waals surface area contributed by atoms with Gasteiger partial charge in [-0.3, -0.25) is 19.3 Å². The van der Waals surface area contributed by atoms with E-state index in [1.807, 2.05) is 17.5 Å². The lowest BCUT2D eigenvalue weighted by atomic mass is 10.3. The average Bonchev–Trinajstić information content (AvgIpc) is 3.18. The minimum atomic E-state index is -0.369. The highest BCUT2D eigenvalue weighted by atomic mass is 32.2. The summed E-state index contributed by atoms with van der Waals surface area (Å²) in [6.45, 7) is 1.30. The van der Waals surface area contributed by atoms with Crippen LogP contribution in [0.4, 0.5) is 4.79 Å². The van der Waals surface area contributed by atoms with Crippen molar-refractivity contribution in [2.24, 2.45) is 0 Å². The van der Waals surface area contributed by atoms with Crippen LogP contribution in [0.1, 0.15) is 17.7 Å². The van der Waals surface area contributed by atoms with Crippen molar-refractivity contribution >= 4 is 46.2 Å². The van der Waals surface area contributed by atoms with E-state index in [-0.39, 0.29) is 23.6 Å². The Kier molecular flexibility index (Phi) is 4.12. The molecule has 2 aliphatic rings. The summed E-state index contributed by atoms with van der Waals surface area (Å²) in [6.07, 6.45) is 3.69. The lowest BCUT2D eigenvalue weighted by molar-refractivity contribution is -0.135. The first kappa shape index (κ1) is 14.3. The molecular formula is C14H14N2O3S2. The van der Waals surface area contributed by atoms with Crippen LogP contribution in [0.25, 0.3) is 6.08 Å².